The van der Waals surface area contributed by atoms with Crippen molar-refractivity contribution in [3.63, 3.8) is 0 Å². The second kappa shape index (κ2) is 4.68. The van der Waals surface area contributed by atoms with Crippen LogP contribution in [0.3, 0.4) is 0 Å². The molecule has 1 aromatic carbocycles. The first-order chi connectivity index (χ1) is 9.15. The van der Waals surface area contributed by atoms with Gasteiger partial charge in [-0.25, -0.2) is 4.98 Å². The van der Waals surface area contributed by atoms with Gasteiger partial charge in [0.1, 0.15) is 5.52 Å². The van der Waals surface area contributed by atoms with Crippen molar-refractivity contribution in [2.24, 2.45) is 5.92 Å². The van der Waals surface area contributed by atoms with Crippen LogP contribution in [0.1, 0.15) is 43.1 Å². The van der Waals surface area contributed by atoms with Crippen LogP contribution in [-0.2, 0) is 4.79 Å². The van der Waals surface area contributed by atoms with Crippen molar-refractivity contribution < 1.29 is 14.3 Å². The molecule has 1 N–H and O–H groups in total. The lowest BCUT2D eigenvalue weighted by Gasteiger charge is -2.28. The molecular formula is C15H17NO3. The summed E-state index contributed by atoms with van der Waals surface area (Å²) in [6.07, 6.45) is 3.82. The molecule has 2 aromatic rings. The molecule has 2 unspecified atom stereocenters. The number of rotatable bonds is 2. The van der Waals surface area contributed by atoms with Crippen molar-refractivity contribution in [2.75, 3.05) is 0 Å². The molecular weight excluding hydrogens is 242 g/mol. The highest BCUT2D eigenvalue weighted by Crippen LogP contribution is 2.38. The molecule has 0 aliphatic heterocycles. The maximum Gasteiger partial charge on any atom is 0.307 e. The Hall–Kier alpha value is -1.84. The molecule has 1 aliphatic rings. The van der Waals surface area contributed by atoms with Gasteiger partial charge in [0.15, 0.2) is 11.5 Å². The zero-order valence-electron chi connectivity index (χ0n) is 10.9. The molecule has 19 heavy (non-hydrogen) atoms. The molecule has 1 heterocycles. The van der Waals surface area contributed by atoms with E-state index in [4.69, 9.17) is 4.42 Å². The zero-order valence-corrected chi connectivity index (χ0v) is 10.9. The average Bonchev–Trinajstić information content (AvgIpc) is 2.77. The maximum atomic E-state index is 11.4. The summed E-state index contributed by atoms with van der Waals surface area (Å²) in [4.78, 5) is 15.6. The monoisotopic (exact) mass is 259 g/mol. The first-order valence-corrected chi connectivity index (χ1v) is 6.75. The summed E-state index contributed by atoms with van der Waals surface area (Å²) >= 11 is 0. The molecule has 1 aliphatic carbocycles. The Bertz CT molecular complexity index is 617. The summed E-state index contributed by atoms with van der Waals surface area (Å²) in [5.41, 5.74) is 2.66. The Morgan fingerprint density at radius 1 is 1.37 bits per heavy atom. The lowest BCUT2D eigenvalue weighted by Crippen LogP contribution is -2.25. The van der Waals surface area contributed by atoms with Crippen LogP contribution in [0.2, 0.25) is 0 Å². The molecule has 4 nitrogen and oxygen atoms in total. The van der Waals surface area contributed by atoms with Gasteiger partial charge in [-0.05, 0) is 36.5 Å². The number of aliphatic carboxylic acids is 1. The predicted octanol–water partition coefficient (Wildman–Crippen LogP) is 3.49. The highest BCUT2D eigenvalue weighted by atomic mass is 16.4. The van der Waals surface area contributed by atoms with Gasteiger partial charge in [0.25, 0.3) is 0 Å². The second-order valence-electron chi connectivity index (χ2n) is 5.30. The summed E-state index contributed by atoms with van der Waals surface area (Å²) in [6.45, 7) is 1.82. The van der Waals surface area contributed by atoms with Gasteiger partial charge in [-0.1, -0.05) is 18.9 Å². The first-order valence-electron chi connectivity index (χ1n) is 6.75. The molecule has 1 aromatic heterocycles. The number of benzene rings is 1. The van der Waals surface area contributed by atoms with Gasteiger partial charge >= 0.3 is 5.97 Å². The van der Waals surface area contributed by atoms with E-state index < -0.39 is 5.97 Å². The van der Waals surface area contributed by atoms with Crippen LogP contribution in [-0.4, -0.2) is 16.1 Å². The van der Waals surface area contributed by atoms with Crippen LogP contribution >= 0.6 is 0 Å². The van der Waals surface area contributed by atoms with E-state index in [1.807, 2.05) is 25.1 Å². The van der Waals surface area contributed by atoms with Crippen molar-refractivity contribution in [3.05, 3.63) is 29.7 Å². The third-order valence-electron chi connectivity index (χ3n) is 4.03. The minimum atomic E-state index is -0.682. The van der Waals surface area contributed by atoms with Crippen molar-refractivity contribution in [1.29, 1.82) is 0 Å². The van der Waals surface area contributed by atoms with E-state index in [1.165, 1.54) is 0 Å². The molecule has 2 atom stereocenters. The molecule has 0 saturated heterocycles. The highest BCUT2D eigenvalue weighted by molar-refractivity contribution is 5.75. The summed E-state index contributed by atoms with van der Waals surface area (Å²) in [5, 5.41) is 9.35. The number of carboxylic acids is 1. The quantitative estimate of drug-likeness (QED) is 0.896. The van der Waals surface area contributed by atoms with E-state index in [0.717, 1.165) is 42.3 Å². The Morgan fingerprint density at radius 3 is 2.95 bits per heavy atom. The number of aromatic nitrogens is 1. The Kier molecular flexibility index (Phi) is 3.01. The molecule has 1 saturated carbocycles. The van der Waals surface area contributed by atoms with Crippen molar-refractivity contribution in [2.45, 2.75) is 38.5 Å². The molecule has 0 radical (unpaired) electrons. The van der Waals surface area contributed by atoms with Crippen molar-refractivity contribution in [3.8, 4) is 0 Å². The standard InChI is InChI=1S/C15H17NO3/c1-9-16-13-7-6-10(8-14(13)19-9)11-4-2-3-5-12(11)15(17)18/h6-8,11-12H,2-5H2,1H3,(H,17,18). The maximum absolute atomic E-state index is 11.4. The molecule has 0 amide bonds. The second-order valence-corrected chi connectivity index (χ2v) is 5.30. The zero-order chi connectivity index (χ0) is 13.4. The topological polar surface area (TPSA) is 63.3 Å². The molecule has 100 valence electrons. The van der Waals surface area contributed by atoms with Crippen molar-refractivity contribution >= 4 is 17.1 Å². The summed E-state index contributed by atoms with van der Waals surface area (Å²) in [6, 6.07) is 5.88. The fourth-order valence-corrected chi connectivity index (χ4v) is 3.11. The van der Waals surface area contributed by atoms with Crippen LogP contribution in [0.25, 0.3) is 11.1 Å². The average molecular weight is 259 g/mol. The fraction of sp³-hybridized carbons (Fsp3) is 0.467. The van der Waals surface area contributed by atoms with Gasteiger partial charge in [-0.2, -0.15) is 0 Å². The number of aryl methyl sites for hydroxylation is 1. The van der Waals surface area contributed by atoms with Gasteiger partial charge in [-0.3, -0.25) is 4.79 Å². The van der Waals surface area contributed by atoms with E-state index in [-0.39, 0.29) is 11.8 Å². The highest BCUT2D eigenvalue weighted by Gasteiger charge is 2.32. The minimum Gasteiger partial charge on any atom is -0.481 e. The van der Waals surface area contributed by atoms with E-state index in [2.05, 4.69) is 4.98 Å². The number of hydrogen-bond acceptors (Lipinski definition) is 3. The van der Waals surface area contributed by atoms with Crippen LogP contribution in [0.15, 0.2) is 22.6 Å². The number of nitrogens with zero attached hydrogens (tertiary/aromatic N) is 1. The van der Waals surface area contributed by atoms with Crippen LogP contribution in [0.4, 0.5) is 0 Å². The minimum absolute atomic E-state index is 0.0982. The summed E-state index contributed by atoms with van der Waals surface area (Å²) in [5.74, 6) is -0.208. The Morgan fingerprint density at radius 2 is 2.16 bits per heavy atom. The Labute approximate surface area is 111 Å². The lowest BCUT2D eigenvalue weighted by atomic mass is 9.75. The number of fused-ring (bicyclic) bond motifs is 1. The van der Waals surface area contributed by atoms with E-state index in [1.54, 1.807) is 0 Å². The normalized spacial score (nSPS) is 23.6. The van der Waals surface area contributed by atoms with E-state index >= 15 is 0 Å². The van der Waals surface area contributed by atoms with Crippen LogP contribution in [0.5, 0.6) is 0 Å². The van der Waals surface area contributed by atoms with E-state index in [9.17, 15) is 9.90 Å². The molecule has 0 bridgehead atoms. The SMILES string of the molecule is Cc1nc2ccc(C3CCCCC3C(=O)O)cc2o1. The van der Waals surface area contributed by atoms with E-state index in [0.29, 0.717) is 5.89 Å². The van der Waals surface area contributed by atoms with Crippen molar-refractivity contribution in [1.82, 2.24) is 4.98 Å². The third-order valence-corrected chi connectivity index (χ3v) is 4.03. The van der Waals surface area contributed by atoms with Gasteiger partial charge in [-0.15, -0.1) is 0 Å². The van der Waals surface area contributed by atoms with Crippen LogP contribution < -0.4 is 0 Å². The van der Waals surface area contributed by atoms with Gasteiger partial charge in [0.2, 0.25) is 0 Å². The van der Waals surface area contributed by atoms with Crippen LogP contribution in [0, 0.1) is 12.8 Å². The number of hydrogen-bond donors (Lipinski definition) is 1. The predicted molar refractivity (Wildman–Crippen MR) is 71.1 cm³/mol. The largest absolute Gasteiger partial charge is 0.481 e. The lowest BCUT2D eigenvalue weighted by molar-refractivity contribution is -0.143. The van der Waals surface area contributed by atoms with Gasteiger partial charge in [0, 0.05) is 6.92 Å². The summed E-state index contributed by atoms with van der Waals surface area (Å²) < 4.78 is 5.54. The Balaban J connectivity index is 1.99. The fourth-order valence-electron chi connectivity index (χ4n) is 3.11. The number of oxazole rings is 1. The van der Waals surface area contributed by atoms with Gasteiger partial charge in [0.05, 0.1) is 5.92 Å². The molecule has 1 fully saturated rings. The number of carboxylic acid groups (broad SMARTS) is 1. The third kappa shape index (κ3) is 2.23. The number of carbonyl (C=O) groups is 1. The first kappa shape index (κ1) is 12.2. The smallest absolute Gasteiger partial charge is 0.307 e. The van der Waals surface area contributed by atoms with Gasteiger partial charge < -0.3 is 9.52 Å². The summed E-state index contributed by atoms with van der Waals surface area (Å²) in [7, 11) is 0. The molecule has 4 heteroatoms. The molecule has 0 spiro atoms. The molecule has 3 rings (SSSR count).